The molecule has 6 rings (SSSR count). The first-order chi connectivity index (χ1) is 21.6. The van der Waals surface area contributed by atoms with E-state index in [-0.39, 0.29) is 17.6 Å². The second-order valence-electron chi connectivity index (χ2n) is 13.4. The lowest BCUT2D eigenvalue weighted by Gasteiger charge is -2.29. The van der Waals surface area contributed by atoms with Gasteiger partial charge in [0.2, 0.25) is 0 Å². The number of aryl methyl sites for hydroxylation is 1. The van der Waals surface area contributed by atoms with Gasteiger partial charge in [-0.2, -0.15) is 0 Å². The first kappa shape index (κ1) is 31.3. The van der Waals surface area contributed by atoms with Gasteiger partial charge in [-0.1, -0.05) is 43.4 Å². The number of halogens is 1. The summed E-state index contributed by atoms with van der Waals surface area (Å²) in [5.41, 5.74) is 5.42. The highest BCUT2D eigenvalue weighted by Gasteiger charge is 2.26. The second kappa shape index (κ2) is 12.9. The van der Waals surface area contributed by atoms with Crippen molar-refractivity contribution >= 4 is 47.6 Å². The fourth-order valence-corrected chi connectivity index (χ4v) is 7.13. The molecule has 0 unspecified atom stereocenters. The number of rotatable bonds is 10. The average Bonchev–Trinajstić information content (AvgIpc) is 3.54. The number of amides is 1. The van der Waals surface area contributed by atoms with Crippen LogP contribution in [0, 0.1) is 12.8 Å². The Morgan fingerprint density at radius 1 is 1.02 bits per heavy atom. The van der Waals surface area contributed by atoms with Gasteiger partial charge in [0.1, 0.15) is 6.73 Å². The average molecular weight is 645 g/mol. The SMILES string of the molecule is Cc1ncc(Cl)cc1C(=O)NC1CCC(Cn2c(=O)n(-c3cnc4ccn(COCC[Si](C)(C)C)c4c3)c3ccccc32)CC1. The Hall–Kier alpha value is -3.73. The minimum absolute atomic E-state index is 0.0683. The van der Waals surface area contributed by atoms with Gasteiger partial charge in [-0.25, -0.2) is 4.79 Å². The van der Waals surface area contributed by atoms with Crippen LogP contribution in [0.25, 0.3) is 27.8 Å². The third-order valence-corrected chi connectivity index (χ3v) is 10.8. The maximum Gasteiger partial charge on any atom is 0.333 e. The Bertz CT molecular complexity index is 1900. The molecule has 1 fully saturated rings. The van der Waals surface area contributed by atoms with Gasteiger partial charge in [0.05, 0.1) is 50.2 Å². The molecule has 1 aliphatic carbocycles. The zero-order chi connectivity index (χ0) is 31.7. The molecule has 236 valence electrons. The van der Waals surface area contributed by atoms with Crippen molar-refractivity contribution in [3.63, 3.8) is 0 Å². The third-order valence-electron chi connectivity index (χ3n) is 8.85. The number of nitrogens with zero attached hydrogens (tertiary/aromatic N) is 5. The van der Waals surface area contributed by atoms with Crippen LogP contribution in [0.4, 0.5) is 0 Å². The lowest BCUT2D eigenvalue weighted by atomic mass is 9.85. The van der Waals surface area contributed by atoms with Crippen molar-refractivity contribution in [3.8, 4) is 5.69 Å². The van der Waals surface area contributed by atoms with Crippen LogP contribution in [-0.2, 0) is 18.0 Å². The fourth-order valence-electron chi connectivity index (χ4n) is 6.21. The van der Waals surface area contributed by atoms with Crippen molar-refractivity contribution in [1.29, 1.82) is 0 Å². The predicted molar refractivity (Wildman–Crippen MR) is 182 cm³/mol. The summed E-state index contributed by atoms with van der Waals surface area (Å²) in [5.74, 6) is 0.191. The predicted octanol–water partition coefficient (Wildman–Crippen LogP) is 6.80. The van der Waals surface area contributed by atoms with Crippen LogP contribution in [0.2, 0.25) is 30.7 Å². The van der Waals surface area contributed by atoms with E-state index in [9.17, 15) is 9.59 Å². The van der Waals surface area contributed by atoms with Crippen LogP contribution in [-0.4, -0.2) is 50.3 Å². The minimum atomic E-state index is -1.17. The number of carbonyl (C=O) groups is 1. The summed E-state index contributed by atoms with van der Waals surface area (Å²) in [6.07, 6.45) is 8.88. The maximum absolute atomic E-state index is 14.0. The van der Waals surface area contributed by atoms with Gasteiger partial charge in [0.25, 0.3) is 5.91 Å². The van der Waals surface area contributed by atoms with Gasteiger partial charge < -0.3 is 14.6 Å². The molecule has 0 bridgehead atoms. The number of aromatic nitrogens is 5. The molecule has 4 heterocycles. The number of pyridine rings is 2. The number of benzene rings is 1. The van der Waals surface area contributed by atoms with Gasteiger partial charge >= 0.3 is 5.69 Å². The van der Waals surface area contributed by atoms with Crippen LogP contribution >= 0.6 is 11.6 Å². The third kappa shape index (κ3) is 6.93. The van der Waals surface area contributed by atoms with E-state index in [1.165, 1.54) is 0 Å². The highest BCUT2D eigenvalue weighted by molar-refractivity contribution is 6.76. The molecule has 0 saturated heterocycles. The topological polar surface area (TPSA) is 96.0 Å². The van der Waals surface area contributed by atoms with E-state index in [0.29, 0.717) is 35.5 Å². The number of hydrogen-bond donors (Lipinski definition) is 1. The molecular weight excluding hydrogens is 604 g/mol. The molecule has 45 heavy (non-hydrogen) atoms. The summed E-state index contributed by atoms with van der Waals surface area (Å²) in [7, 11) is -1.17. The zero-order valence-corrected chi connectivity index (χ0v) is 28.2. The molecule has 4 aromatic heterocycles. The number of para-hydroxylation sites is 2. The highest BCUT2D eigenvalue weighted by Crippen LogP contribution is 2.28. The van der Waals surface area contributed by atoms with Crippen molar-refractivity contribution in [2.75, 3.05) is 6.61 Å². The zero-order valence-electron chi connectivity index (χ0n) is 26.4. The Balaban J connectivity index is 1.18. The van der Waals surface area contributed by atoms with Crippen LogP contribution < -0.4 is 11.0 Å². The molecule has 1 aromatic carbocycles. The summed E-state index contributed by atoms with van der Waals surface area (Å²) in [6, 6.07) is 14.8. The summed E-state index contributed by atoms with van der Waals surface area (Å²) in [5, 5.41) is 3.62. The largest absolute Gasteiger partial charge is 0.361 e. The van der Waals surface area contributed by atoms with Crippen molar-refractivity contribution in [3.05, 3.63) is 87.8 Å². The molecule has 0 radical (unpaired) electrons. The summed E-state index contributed by atoms with van der Waals surface area (Å²) >= 11 is 6.08. The van der Waals surface area contributed by atoms with Gasteiger partial charge in [-0.05, 0) is 74.9 Å². The van der Waals surface area contributed by atoms with E-state index in [0.717, 1.165) is 66.1 Å². The molecule has 0 atom stereocenters. The van der Waals surface area contributed by atoms with Gasteiger partial charge in [0, 0.05) is 39.7 Å². The Kier molecular flexibility index (Phi) is 8.99. The van der Waals surface area contributed by atoms with E-state index in [1.807, 2.05) is 54.1 Å². The van der Waals surface area contributed by atoms with E-state index in [1.54, 1.807) is 23.0 Å². The minimum Gasteiger partial charge on any atom is -0.361 e. The molecule has 0 aliphatic heterocycles. The number of imidazole rings is 1. The molecule has 1 aliphatic rings. The van der Waals surface area contributed by atoms with E-state index >= 15 is 0 Å². The highest BCUT2D eigenvalue weighted by atomic mass is 35.5. The van der Waals surface area contributed by atoms with E-state index in [2.05, 4.69) is 34.5 Å². The Labute approximate surface area is 269 Å². The normalized spacial score (nSPS) is 17.3. The number of hydrogen-bond acceptors (Lipinski definition) is 5. The van der Waals surface area contributed by atoms with Crippen LogP contribution in [0.15, 0.2) is 65.8 Å². The summed E-state index contributed by atoms with van der Waals surface area (Å²) in [4.78, 5) is 35.9. The van der Waals surface area contributed by atoms with Crippen LogP contribution in [0.3, 0.4) is 0 Å². The van der Waals surface area contributed by atoms with Crippen LogP contribution in [0.5, 0.6) is 0 Å². The molecule has 9 nitrogen and oxygen atoms in total. The number of nitrogens with one attached hydrogen (secondary N) is 1. The fraction of sp³-hybridized carbons (Fsp3) is 0.412. The molecule has 11 heteroatoms. The quantitative estimate of drug-likeness (QED) is 0.133. The summed E-state index contributed by atoms with van der Waals surface area (Å²) in [6.45, 7) is 10.7. The van der Waals surface area contributed by atoms with Gasteiger partial charge in [-0.3, -0.25) is 23.9 Å². The Morgan fingerprint density at radius 3 is 2.53 bits per heavy atom. The summed E-state index contributed by atoms with van der Waals surface area (Å²) < 4.78 is 11.8. The molecule has 0 spiro atoms. The number of ether oxygens (including phenoxy) is 1. The monoisotopic (exact) mass is 644 g/mol. The van der Waals surface area contributed by atoms with Crippen molar-refractivity contribution in [2.24, 2.45) is 5.92 Å². The first-order valence-corrected chi connectivity index (χ1v) is 19.8. The van der Waals surface area contributed by atoms with Crippen LogP contribution in [0.1, 0.15) is 41.7 Å². The molecule has 1 N–H and O–H groups in total. The van der Waals surface area contributed by atoms with Gasteiger partial charge in [-0.15, -0.1) is 0 Å². The number of carbonyl (C=O) groups excluding carboxylic acids is 1. The first-order valence-electron chi connectivity index (χ1n) is 15.7. The molecule has 5 aromatic rings. The maximum atomic E-state index is 14.0. The molecular formula is C34H41ClN6O3Si. The smallest absolute Gasteiger partial charge is 0.333 e. The lowest BCUT2D eigenvalue weighted by Crippen LogP contribution is -2.39. The van der Waals surface area contributed by atoms with Crippen molar-refractivity contribution < 1.29 is 9.53 Å². The second-order valence-corrected chi connectivity index (χ2v) is 19.5. The molecule has 1 saturated carbocycles. The number of fused-ring (bicyclic) bond motifs is 2. The van der Waals surface area contributed by atoms with Crippen molar-refractivity contribution in [2.45, 2.75) is 77.6 Å². The van der Waals surface area contributed by atoms with Gasteiger partial charge in [0.15, 0.2) is 0 Å². The lowest BCUT2D eigenvalue weighted by molar-refractivity contribution is 0.0902. The van der Waals surface area contributed by atoms with Crippen molar-refractivity contribution in [1.82, 2.24) is 29.0 Å². The standard InChI is InChI=1S/C34H41ClN6O3Si/c1-23-28(17-25(35)19-36-23)33(42)38-26-11-9-24(10-12-26)21-40-30-7-5-6-8-31(30)41(34(40)43)27-18-32-29(37-20-27)13-14-39(32)22-44-15-16-45(2,3)4/h5-8,13-14,17-20,24,26H,9-12,15-16,21-22H2,1-4H3,(H,38,42). The van der Waals surface area contributed by atoms with E-state index < -0.39 is 8.07 Å². The Morgan fingerprint density at radius 2 is 1.78 bits per heavy atom. The van der Waals surface area contributed by atoms with E-state index in [4.69, 9.17) is 21.3 Å². The molecule has 1 amide bonds.